The molecule has 144 valence electrons. The second-order valence-electron chi connectivity index (χ2n) is 5.98. The van der Waals surface area contributed by atoms with Crippen molar-refractivity contribution in [2.75, 3.05) is 18.4 Å². The first-order valence-electron chi connectivity index (χ1n) is 7.64. The number of hydrogen-bond donors (Lipinski definition) is 1. The third-order valence-corrected chi connectivity index (χ3v) is 4.82. The van der Waals surface area contributed by atoms with Crippen LogP contribution in [0, 0.1) is 26.9 Å². The highest BCUT2D eigenvalue weighted by Gasteiger charge is 2.49. The number of anilines is 2. The molecule has 1 fully saturated rings. The van der Waals surface area contributed by atoms with Gasteiger partial charge in [-0.15, -0.1) is 0 Å². The first kappa shape index (κ1) is 19.8. The van der Waals surface area contributed by atoms with Crippen molar-refractivity contribution >= 4 is 39.9 Å². The lowest BCUT2D eigenvalue weighted by atomic mass is 9.97. The predicted octanol–water partition coefficient (Wildman–Crippen LogP) is 5.09. The van der Waals surface area contributed by atoms with Crippen molar-refractivity contribution in [3.8, 4) is 0 Å². The maximum Gasteiger partial charge on any atom is 0.395 e. The molecular weight excluding hydrogens is 489 g/mol. The second-order valence-corrected chi connectivity index (χ2v) is 7.23. The average molecular weight is 500 g/mol. The number of benzene rings is 2. The molecule has 0 atom stereocenters. The minimum absolute atomic E-state index is 0.203. The molecule has 1 aliphatic heterocycles. The summed E-state index contributed by atoms with van der Waals surface area (Å²) in [7, 11) is 0. The number of alkyl halides is 3. The summed E-state index contributed by atoms with van der Waals surface area (Å²) in [5, 5.41) is 2.34. The van der Waals surface area contributed by atoms with Gasteiger partial charge >= 0.3 is 6.18 Å². The van der Waals surface area contributed by atoms with E-state index < -0.39 is 54.2 Å². The molecule has 0 spiro atoms. The molecule has 27 heavy (non-hydrogen) atoms. The van der Waals surface area contributed by atoms with Gasteiger partial charge in [-0.05, 0) is 52.9 Å². The van der Waals surface area contributed by atoms with Gasteiger partial charge in [-0.2, -0.15) is 13.2 Å². The van der Waals surface area contributed by atoms with Gasteiger partial charge in [0, 0.05) is 16.7 Å². The molecule has 1 amide bonds. The Labute approximate surface area is 163 Å². The van der Waals surface area contributed by atoms with E-state index in [-0.39, 0.29) is 11.3 Å². The topological polar surface area (TPSA) is 32.3 Å². The normalized spacial score (nSPS) is 14.9. The summed E-state index contributed by atoms with van der Waals surface area (Å²) in [5.74, 6) is -6.02. The molecular formula is C17H11F6IN2O. The Bertz CT molecular complexity index is 896. The molecule has 1 aliphatic rings. The summed E-state index contributed by atoms with van der Waals surface area (Å²) in [6, 6.07) is 5.58. The lowest BCUT2D eigenvalue weighted by Crippen LogP contribution is -2.55. The van der Waals surface area contributed by atoms with Crippen LogP contribution in [-0.2, 0) is 0 Å². The minimum Gasteiger partial charge on any atom is -0.350 e. The van der Waals surface area contributed by atoms with Gasteiger partial charge in [-0.25, -0.2) is 13.2 Å². The Kier molecular flexibility index (Phi) is 5.28. The van der Waals surface area contributed by atoms with Crippen LogP contribution >= 0.6 is 22.6 Å². The van der Waals surface area contributed by atoms with Gasteiger partial charge in [0.05, 0.1) is 22.9 Å². The van der Waals surface area contributed by atoms with Crippen LogP contribution < -0.4 is 5.32 Å². The summed E-state index contributed by atoms with van der Waals surface area (Å²) in [6.07, 6.45) is -4.43. The van der Waals surface area contributed by atoms with Crippen LogP contribution in [-0.4, -0.2) is 30.1 Å². The number of likely N-dealkylation sites (tertiary alicyclic amines) is 1. The maximum atomic E-state index is 14.3. The van der Waals surface area contributed by atoms with E-state index in [1.165, 1.54) is 12.1 Å². The number of rotatable bonds is 3. The van der Waals surface area contributed by atoms with E-state index in [2.05, 4.69) is 5.32 Å². The van der Waals surface area contributed by atoms with Gasteiger partial charge in [-0.1, -0.05) is 0 Å². The molecule has 0 radical (unpaired) electrons. The molecule has 0 unspecified atom stereocenters. The lowest BCUT2D eigenvalue weighted by molar-refractivity contribution is -0.202. The number of hydrogen-bond acceptors (Lipinski definition) is 2. The average Bonchev–Trinajstić information content (AvgIpc) is 2.51. The summed E-state index contributed by atoms with van der Waals surface area (Å²) >= 11 is 1.86. The van der Waals surface area contributed by atoms with Crippen LogP contribution in [0.2, 0.25) is 0 Å². The first-order valence-corrected chi connectivity index (χ1v) is 8.72. The number of carbonyl (C=O) groups excluding carboxylic acids is 1. The lowest BCUT2D eigenvalue weighted by Gasteiger charge is -2.40. The Morgan fingerprint density at radius 3 is 2.33 bits per heavy atom. The largest absolute Gasteiger partial charge is 0.395 e. The zero-order valence-corrected chi connectivity index (χ0v) is 15.5. The van der Waals surface area contributed by atoms with Crippen LogP contribution in [0.25, 0.3) is 0 Å². The number of nitrogens with zero attached hydrogens (tertiary/aromatic N) is 1. The van der Waals surface area contributed by atoms with Gasteiger partial charge in [0.2, 0.25) is 0 Å². The molecule has 2 aromatic carbocycles. The van der Waals surface area contributed by atoms with Crippen molar-refractivity contribution in [2.24, 2.45) is 5.92 Å². The predicted molar refractivity (Wildman–Crippen MR) is 94.2 cm³/mol. The quantitative estimate of drug-likeness (QED) is 0.471. The molecule has 10 heteroatoms. The van der Waals surface area contributed by atoms with E-state index in [4.69, 9.17) is 0 Å². The van der Waals surface area contributed by atoms with E-state index in [1.54, 1.807) is 0 Å². The SMILES string of the molecule is O=C(c1ccc(F)c(F)c1Nc1ccc(I)cc1F)N1CC(C(F)(F)F)C1. The molecule has 3 rings (SSSR count). The number of nitrogens with one attached hydrogen (secondary N) is 1. The van der Waals surface area contributed by atoms with Crippen molar-refractivity contribution < 1.29 is 31.1 Å². The standard InChI is InChI=1S/C17H11F6IN2O/c18-11-3-2-10(16(27)26-6-8(7-26)17(21,22)23)15(14(11)20)25-13-4-1-9(24)5-12(13)19/h1-5,8,25H,6-7H2. The van der Waals surface area contributed by atoms with Crippen LogP contribution in [0.4, 0.5) is 37.7 Å². The fraction of sp³-hybridized carbons (Fsp3) is 0.235. The highest BCUT2D eigenvalue weighted by Crippen LogP contribution is 2.36. The van der Waals surface area contributed by atoms with Gasteiger partial charge in [0.1, 0.15) is 5.82 Å². The van der Waals surface area contributed by atoms with E-state index in [0.717, 1.165) is 17.0 Å². The van der Waals surface area contributed by atoms with Crippen LogP contribution in [0.5, 0.6) is 0 Å². The Morgan fingerprint density at radius 1 is 1.07 bits per heavy atom. The number of amides is 1. The Hall–Kier alpha value is -1.98. The Morgan fingerprint density at radius 2 is 1.74 bits per heavy atom. The van der Waals surface area contributed by atoms with Crippen molar-refractivity contribution in [1.82, 2.24) is 4.90 Å². The summed E-state index contributed by atoms with van der Waals surface area (Å²) in [6.45, 7) is -1.14. The van der Waals surface area contributed by atoms with Crippen molar-refractivity contribution in [3.63, 3.8) is 0 Å². The van der Waals surface area contributed by atoms with E-state index >= 15 is 0 Å². The van der Waals surface area contributed by atoms with Crippen LogP contribution in [0.1, 0.15) is 10.4 Å². The van der Waals surface area contributed by atoms with Crippen LogP contribution in [0.15, 0.2) is 30.3 Å². The molecule has 0 aliphatic carbocycles. The van der Waals surface area contributed by atoms with E-state index in [9.17, 15) is 31.1 Å². The number of carbonyl (C=O) groups is 1. The number of halogens is 7. The fourth-order valence-electron chi connectivity index (χ4n) is 2.60. The van der Waals surface area contributed by atoms with Crippen LogP contribution in [0.3, 0.4) is 0 Å². The molecule has 0 bridgehead atoms. The molecule has 1 heterocycles. The highest BCUT2D eigenvalue weighted by molar-refractivity contribution is 14.1. The van der Waals surface area contributed by atoms with Gasteiger partial charge in [0.25, 0.3) is 5.91 Å². The molecule has 0 aromatic heterocycles. The van der Waals surface area contributed by atoms with Crippen molar-refractivity contribution in [3.05, 3.63) is 56.9 Å². The minimum atomic E-state index is -4.43. The molecule has 0 saturated carbocycles. The van der Waals surface area contributed by atoms with E-state index in [1.807, 2.05) is 22.6 Å². The first-order chi connectivity index (χ1) is 12.6. The molecule has 3 nitrogen and oxygen atoms in total. The van der Waals surface area contributed by atoms with Crippen molar-refractivity contribution in [1.29, 1.82) is 0 Å². The van der Waals surface area contributed by atoms with E-state index in [0.29, 0.717) is 9.64 Å². The molecule has 2 aromatic rings. The summed E-state index contributed by atoms with van der Waals surface area (Å²) in [5.41, 5.74) is -1.21. The zero-order valence-electron chi connectivity index (χ0n) is 13.4. The zero-order chi connectivity index (χ0) is 19.9. The maximum absolute atomic E-state index is 14.3. The Balaban J connectivity index is 1.90. The summed E-state index contributed by atoms with van der Waals surface area (Å²) in [4.78, 5) is 13.3. The third-order valence-electron chi connectivity index (χ3n) is 4.15. The smallest absolute Gasteiger partial charge is 0.350 e. The van der Waals surface area contributed by atoms with Gasteiger partial charge < -0.3 is 10.2 Å². The third kappa shape index (κ3) is 3.99. The molecule has 1 saturated heterocycles. The highest BCUT2D eigenvalue weighted by atomic mass is 127. The second kappa shape index (κ2) is 7.21. The fourth-order valence-corrected chi connectivity index (χ4v) is 3.05. The van der Waals surface area contributed by atoms with Gasteiger partial charge in [-0.3, -0.25) is 4.79 Å². The molecule has 1 N–H and O–H groups in total. The van der Waals surface area contributed by atoms with Crippen molar-refractivity contribution in [2.45, 2.75) is 6.18 Å². The van der Waals surface area contributed by atoms with Gasteiger partial charge in [0.15, 0.2) is 11.6 Å². The summed E-state index contributed by atoms with van der Waals surface area (Å²) < 4.78 is 80.3. The monoisotopic (exact) mass is 500 g/mol.